The fraction of sp³-hybridized carbons (Fsp3) is 0.333. The quantitative estimate of drug-likeness (QED) is 0.742. The van der Waals surface area contributed by atoms with Crippen LogP contribution in [-0.4, -0.2) is 7.11 Å². The van der Waals surface area contributed by atoms with Crippen LogP contribution in [0.3, 0.4) is 0 Å². The molecular weight excluding hydrogens is 157 g/mol. The lowest BCUT2D eigenvalue weighted by molar-refractivity contribution is 0.184. The number of halogens is 1. The Hall–Kier alpha value is -0.930. The molecule has 2 nitrogen and oxygen atoms in total. The molecule has 1 rings (SSSR count). The van der Waals surface area contributed by atoms with Crippen molar-refractivity contribution >= 4 is 0 Å². The highest BCUT2D eigenvalue weighted by atomic mass is 19.1. The van der Waals surface area contributed by atoms with Gasteiger partial charge in [0, 0.05) is 19.2 Å². The molecule has 0 aliphatic carbocycles. The molecule has 0 saturated heterocycles. The molecule has 1 aromatic rings. The zero-order valence-electron chi connectivity index (χ0n) is 7.01. The molecular formula is C9H12FNO. The SMILES string of the molecule is COCc1ccc(F)c(CN)c1. The van der Waals surface area contributed by atoms with Gasteiger partial charge in [-0.3, -0.25) is 0 Å². The van der Waals surface area contributed by atoms with Crippen LogP contribution in [0.5, 0.6) is 0 Å². The smallest absolute Gasteiger partial charge is 0.127 e. The second-order valence-electron chi connectivity index (χ2n) is 2.56. The molecule has 0 aromatic heterocycles. The molecule has 0 unspecified atom stereocenters. The molecule has 0 amide bonds. The fourth-order valence-electron chi connectivity index (χ4n) is 1.04. The van der Waals surface area contributed by atoms with Crippen molar-refractivity contribution in [3.05, 3.63) is 35.1 Å². The molecule has 0 radical (unpaired) electrons. The van der Waals surface area contributed by atoms with Gasteiger partial charge in [0.05, 0.1) is 6.61 Å². The molecule has 0 aliphatic rings. The van der Waals surface area contributed by atoms with Gasteiger partial charge in [-0.05, 0) is 17.7 Å². The highest BCUT2D eigenvalue weighted by Gasteiger charge is 2.00. The summed E-state index contributed by atoms with van der Waals surface area (Å²) in [7, 11) is 1.60. The van der Waals surface area contributed by atoms with Crippen molar-refractivity contribution in [3.8, 4) is 0 Å². The van der Waals surface area contributed by atoms with Crippen molar-refractivity contribution in [1.29, 1.82) is 0 Å². The van der Waals surface area contributed by atoms with E-state index in [2.05, 4.69) is 0 Å². The lowest BCUT2D eigenvalue weighted by atomic mass is 10.1. The van der Waals surface area contributed by atoms with E-state index in [4.69, 9.17) is 10.5 Å². The summed E-state index contributed by atoms with van der Waals surface area (Å²) in [6.45, 7) is 0.719. The van der Waals surface area contributed by atoms with E-state index in [0.29, 0.717) is 12.2 Å². The normalized spacial score (nSPS) is 10.2. The summed E-state index contributed by atoms with van der Waals surface area (Å²) in [5, 5.41) is 0. The second kappa shape index (κ2) is 4.18. The second-order valence-corrected chi connectivity index (χ2v) is 2.56. The number of nitrogens with two attached hydrogens (primary N) is 1. The third-order valence-corrected chi connectivity index (χ3v) is 1.64. The number of methoxy groups -OCH3 is 1. The predicted octanol–water partition coefficient (Wildman–Crippen LogP) is 1.43. The number of benzene rings is 1. The molecule has 66 valence electrons. The highest BCUT2D eigenvalue weighted by molar-refractivity contribution is 5.24. The maximum Gasteiger partial charge on any atom is 0.127 e. The molecule has 0 bridgehead atoms. The van der Waals surface area contributed by atoms with E-state index in [9.17, 15) is 4.39 Å². The maximum absolute atomic E-state index is 12.9. The summed E-state index contributed by atoms with van der Waals surface area (Å²) in [4.78, 5) is 0. The first-order valence-electron chi connectivity index (χ1n) is 3.74. The number of ether oxygens (including phenoxy) is 1. The van der Waals surface area contributed by atoms with Crippen molar-refractivity contribution in [1.82, 2.24) is 0 Å². The summed E-state index contributed by atoms with van der Waals surface area (Å²) in [5.74, 6) is -0.252. The molecule has 12 heavy (non-hydrogen) atoms. The van der Waals surface area contributed by atoms with Gasteiger partial charge in [0.25, 0.3) is 0 Å². The van der Waals surface area contributed by atoms with Gasteiger partial charge in [-0.15, -0.1) is 0 Å². The molecule has 2 N–H and O–H groups in total. The Morgan fingerprint density at radius 1 is 1.50 bits per heavy atom. The van der Waals surface area contributed by atoms with Crippen molar-refractivity contribution in [2.24, 2.45) is 5.73 Å². The van der Waals surface area contributed by atoms with Gasteiger partial charge in [0.15, 0.2) is 0 Å². The van der Waals surface area contributed by atoms with Crippen LogP contribution >= 0.6 is 0 Å². The van der Waals surface area contributed by atoms with E-state index in [0.717, 1.165) is 5.56 Å². The van der Waals surface area contributed by atoms with Gasteiger partial charge in [-0.1, -0.05) is 6.07 Å². The minimum Gasteiger partial charge on any atom is -0.380 e. The largest absolute Gasteiger partial charge is 0.380 e. The number of hydrogen-bond donors (Lipinski definition) is 1. The van der Waals surface area contributed by atoms with E-state index in [-0.39, 0.29) is 12.4 Å². The topological polar surface area (TPSA) is 35.2 Å². The number of hydrogen-bond acceptors (Lipinski definition) is 2. The lowest BCUT2D eigenvalue weighted by Gasteiger charge is -2.03. The first-order chi connectivity index (χ1) is 5.77. The Labute approximate surface area is 71.1 Å². The van der Waals surface area contributed by atoms with E-state index in [1.54, 1.807) is 19.2 Å². The Morgan fingerprint density at radius 2 is 2.25 bits per heavy atom. The average molecular weight is 169 g/mol. The molecule has 0 heterocycles. The van der Waals surface area contributed by atoms with E-state index >= 15 is 0 Å². The molecule has 0 aliphatic heterocycles. The summed E-state index contributed by atoms with van der Waals surface area (Å²) in [6.07, 6.45) is 0. The van der Waals surface area contributed by atoms with Crippen molar-refractivity contribution in [3.63, 3.8) is 0 Å². The number of rotatable bonds is 3. The summed E-state index contributed by atoms with van der Waals surface area (Å²) in [6, 6.07) is 4.83. The third kappa shape index (κ3) is 2.03. The van der Waals surface area contributed by atoms with Crippen LogP contribution in [-0.2, 0) is 17.9 Å². The summed E-state index contributed by atoms with van der Waals surface area (Å²) < 4.78 is 17.8. The van der Waals surface area contributed by atoms with E-state index in [1.807, 2.05) is 0 Å². The van der Waals surface area contributed by atoms with Gasteiger partial charge in [-0.2, -0.15) is 0 Å². The monoisotopic (exact) mass is 169 g/mol. The minimum absolute atomic E-state index is 0.226. The van der Waals surface area contributed by atoms with Crippen molar-refractivity contribution in [2.75, 3.05) is 7.11 Å². The zero-order chi connectivity index (χ0) is 8.97. The van der Waals surface area contributed by atoms with Gasteiger partial charge in [0.2, 0.25) is 0 Å². The lowest BCUT2D eigenvalue weighted by Crippen LogP contribution is -2.01. The third-order valence-electron chi connectivity index (χ3n) is 1.64. The molecule has 1 aromatic carbocycles. The highest BCUT2D eigenvalue weighted by Crippen LogP contribution is 2.10. The van der Waals surface area contributed by atoms with Crippen LogP contribution < -0.4 is 5.73 Å². The minimum atomic E-state index is -0.252. The Kier molecular flexibility index (Phi) is 3.19. The van der Waals surface area contributed by atoms with Crippen molar-refractivity contribution < 1.29 is 9.13 Å². The van der Waals surface area contributed by atoms with Gasteiger partial charge in [-0.25, -0.2) is 4.39 Å². The van der Waals surface area contributed by atoms with Crippen LogP contribution in [0.4, 0.5) is 4.39 Å². The summed E-state index contributed by atoms with van der Waals surface area (Å²) in [5.41, 5.74) is 6.81. The van der Waals surface area contributed by atoms with Gasteiger partial charge in [0.1, 0.15) is 5.82 Å². The van der Waals surface area contributed by atoms with E-state index in [1.165, 1.54) is 6.07 Å². The molecule has 0 saturated carbocycles. The molecule has 0 spiro atoms. The fourth-order valence-corrected chi connectivity index (χ4v) is 1.04. The summed E-state index contributed by atoms with van der Waals surface area (Å²) >= 11 is 0. The van der Waals surface area contributed by atoms with Crippen LogP contribution in [0.25, 0.3) is 0 Å². The predicted molar refractivity (Wildman–Crippen MR) is 45.0 cm³/mol. The first kappa shape index (κ1) is 9.16. The van der Waals surface area contributed by atoms with Crippen molar-refractivity contribution in [2.45, 2.75) is 13.2 Å². The van der Waals surface area contributed by atoms with Crippen LogP contribution in [0.2, 0.25) is 0 Å². The van der Waals surface area contributed by atoms with E-state index < -0.39 is 0 Å². The van der Waals surface area contributed by atoms with Crippen LogP contribution in [0.1, 0.15) is 11.1 Å². The standard InChI is InChI=1S/C9H12FNO/c1-12-6-7-2-3-9(10)8(4-7)5-11/h2-4H,5-6,11H2,1H3. The molecule has 0 fully saturated rings. The van der Waals surface area contributed by atoms with Crippen LogP contribution in [0, 0.1) is 5.82 Å². The van der Waals surface area contributed by atoms with Gasteiger partial charge < -0.3 is 10.5 Å². The average Bonchev–Trinajstić information content (AvgIpc) is 2.09. The zero-order valence-corrected chi connectivity index (χ0v) is 7.01. The maximum atomic E-state index is 12.9. The first-order valence-corrected chi connectivity index (χ1v) is 3.74. The van der Waals surface area contributed by atoms with Crippen LogP contribution in [0.15, 0.2) is 18.2 Å². The Balaban J connectivity index is 2.89. The van der Waals surface area contributed by atoms with Gasteiger partial charge >= 0.3 is 0 Å². The Morgan fingerprint density at radius 3 is 2.83 bits per heavy atom. The molecule has 3 heteroatoms. The Bertz CT molecular complexity index is 263. The molecule has 0 atom stereocenters.